The molecule has 0 aliphatic heterocycles. The van der Waals surface area contributed by atoms with Crippen LogP contribution in [0.4, 0.5) is 0 Å². The van der Waals surface area contributed by atoms with Gasteiger partial charge < -0.3 is 7.96 Å². The Morgan fingerprint density at radius 1 is 1.33 bits per heavy atom. The van der Waals surface area contributed by atoms with Crippen molar-refractivity contribution in [2.24, 2.45) is 0 Å². The van der Waals surface area contributed by atoms with Gasteiger partial charge in [-0.1, -0.05) is 31.9 Å². The Morgan fingerprint density at radius 2 is 1.50 bits per heavy atom. The van der Waals surface area contributed by atoms with Gasteiger partial charge in [0.05, 0.1) is 0 Å². The molecule has 0 radical (unpaired) electrons. The molecule has 0 atom stereocenters. The molecule has 0 saturated heterocycles. The third kappa shape index (κ3) is 31.0. The first-order chi connectivity index (χ1) is 4.56. The van der Waals surface area contributed by atoms with E-state index in [-0.39, 0.29) is 67.5 Å². The van der Waals surface area contributed by atoms with E-state index in [9.17, 15) is 4.79 Å². The summed E-state index contributed by atoms with van der Waals surface area (Å²) in [5.41, 5.74) is 0.176. The van der Waals surface area contributed by atoms with Crippen LogP contribution in [0.15, 0.2) is 37.5 Å². The zero-order valence-electron chi connectivity index (χ0n) is 10.1. The van der Waals surface area contributed by atoms with Crippen LogP contribution in [-0.2, 0) is 4.79 Å². The molecule has 0 fully saturated rings. The number of aliphatic carboxylic acids is 1. The topological polar surface area (TPSA) is 37.3 Å². The Bertz CT molecular complexity index is 143. The second kappa shape index (κ2) is 17.7. The largest absolute Gasteiger partial charge is 1.00 e. The van der Waals surface area contributed by atoms with E-state index >= 15 is 0 Å². The van der Waals surface area contributed by atoms with Crippen LogP contribution in [-0.4, -0.2) is 11.1 Å². The van der Waals surface area contributed by atoms with Crippen LogP contribution < -0.4 is 59.1 Å². The minimum atomic E-state index is -0.935. The summed E-state index contributed by atoms with van der Waals surface area (Å²) in [5.74, 6) is -0.935. The van der Waals surface area contributed by atoms with Gasteiger partial charge in [-0.3, -0.25) is 0 Å². The van der Waals surface area contributed by atoms with Crippen LogP contribution in [0.3, 0.4) is 0 Å². The first kappa shape index (κ1) is 23.0. The van der Waals surface area contributed by atoms with E-state index in [1.807, 2.05) is 0 Å². The number of carboxylic acids is 1. The summed E-state index contributed by atoms with van der Waals surface area (Å²) in [4.78, 5) is 9.60. The Hall–Kier alpha value is 0.690. The van der Waals surface area contributed by atoms with Crippen LogP contribution >= 0.6 is 0 Å². The molecule has 1 N–H and O–H groups in total. The van der Waals surface area contributed by atoms with Gasteiger partial charge >= 0.3 is 65.1 Å². The summed E-state index contributed by atoms with van der Waals surface area (Å²) < 4.78 is 0. The van der Waals surface area contributed by atoms with E-state index in [0.717, 1.165) is 0 Å². The van der Waals surface area contributed by atoms with Crippen molar-refractivity contribution in [1.82, 2.24) is 0 Å². The standard InChI is InChI=1S/C4H6O2.C4H6.2Na.2H/c1-3(2)4(5)6;1-3-4-2;;;;/h1H2,2H3,(H,5,6);3-4H,1-2H2;;;;/q;;2*+1;2*-1. The molecule has 0 rings (SSSR count). The maximum absolute atomic E-state index is 9.60. The summed E-state index contributed by atoms with van der Waals surface area (Å²) in [6, 6.07) is 0. The van der Waals surface area contributed by atoms with Crippen LogP contribution in [0.5, 0.6) is 0 Å². The van der Waals surface area contributed by atoms with Crippen molar-refractivity contribution in [3.05, 3.63) is 37.5 Å². The van der Waals surface area contributed by atoms with Crippen LogP contribution in [0.1, 0.15) is 9.78 Å². The molecule has 0 aromatic carbocycles. The minimum Gasteiger partial charge on any atom is -1.00 e. The second-order valence-electron chi connectivity index (χ2n) is 1.56. The number of carbonyl (C=O) groups is 1. The van der Waals surface area contributed by atoms with Crippen LogP contribution in [0, 0.1) is 0 Å². The predicted molar refractivity (Wildman–Crippen MR) is 45.1 cm³/mol. The van der Waals surface area contributed by atoms with Crippen molar-refractivity contribution in [1.29, 1.82) is 0 Å². The fraction of sp³-hybridized carbons (Fsp3) is 0.125. The molecule has 0 aliphatic carbocycles. The van der Waals surface area contributed by atoms with Gasteiger partial charge in [0.15, 0.2) is 0 Å². The summed E-state index contributed by atoms with van der Waals surface area (Å²) in [6.45, 7) is 11.3. The first-order valence-electron chi connectivity index (χ1n) is 2.68. The molecule has 0 unspecified atom stereocenters. The van der Waals surface area contributed by atoms with Gasteiger partial charge in [0.25, 0.3) is 0 Å². The Labute approximate surface area is 121 Å². The molecule has 0 aromatic heterocycles. The molecule has 0 saturated carbocycles. The van der Waals surface area contributed by atoms with Crippen LogP contribution in [0.2, 0.25) is 0 Å². The molecule has 2 nitrogen and oxygen atoms in total. The van der Waals surface area contributed by atoms with Crippen molar-refractivity contribution >= 4 is 5.97 Å². The molecule has 0 amide bonds. The molecule has 0 aliphatic rings. The number of hydrogen-bond acceptors (Lipinski definition) is 1. The summed E-state index contributed by atoms with van der Waals surface area (Å²) >= 11 is 0. The quantitative estimate of drug-likeness (QED) is 0.274. The van der Waals surface area contributed by atoms with Crippen molar-refractivity contribution in [3.8, 4) is 0 Å². The third-order valence-corrected chi connectivity index (χ3v) is 0.532. The zero-order chi connectivity index (χ0) is 8.57. The van der Waals surface area contributed by atoms with E-state index in [1.165, 1.54) is 6.92 Å². The average molecular weight is 188 g/mol. The average Bonchev–Trinajstić information content (AvgIpc) is 1.89. The predicted octanol–water partition coefficient (Wildman–Crippen LogP) is -3.76. The second-order valence-corrected chi connectivity index (χ2v) is 1.56. The fourth-order valence-electron chi connectivity index (χ4n) is 0. The van der Waals surface area contributed by atoms with Gasteiger partial charge in [-0.25, -0.2) is 4.79 Å². The monoisotopic (exact) mass is 188 g/mol. The van der Waals surface area contributed by atoms with Crippen molar-refractivity contribution in [3.63, 3.8) is 0 Å². The first-order valence-corrected chi connectivity index (χ1v) is 2.68. The van der Waals surface area contributed by atoms with E-state index in [1.54, 1.807) is 12.2 Å². The van der Waals surface area contributed by atoms with Gasteiger partial charge in [-0.15, -0.1) is 0 Å². The summed E-state index contributed by atoms with van der Waals surface area (Å²) in [6.07, 6.45) is 3.28. The molecule has 0 bridgehead atoms. The molecular formula is C8H14Na2O2. The molecular weight excluding hydrogens is 174 g/mol. The van der Waals surface area contributed by atoms with Crippen molar-refractivity contribution < 1.29 is 71.9 Å². The van der Waals surface area contributed by atoms with Gasteiger partial charge in [0.1, 0.15) is 0 Å². The van der Waals surface area contributed by atoms with Crippen molar-refractivity contribution in [2.45, 2.75) is 6.92 Å². The number of rotatable bonds is 2. The van der Waals surface area contributed by atoms with Gasteiger partial charge in [-0.2, -0.15) is 0 Å². The van der Waals surface area contributed by atoms with E-state index < -0.39 is 5.97 Å². The Morgan fingerprint density at radius 3 is 1.50 bits per heavy atom. The smallest absolute Gasteiger partial charge is 1.00 e. The normalized spacial score (nSPS) is 5.42. The third-order valence-electron chi connectivity index (χ3n) is 0.532. The van der Waals surface area contributed by atoms with Gasteiger partial charge in [0, 0.05) is 5.57 Å². The maximum atomic E-state index is 9.60. The molecule has 12 heavy (non-hydrogen) atoms. The Balaban J connectivity index is -0.0000000185. The number of carboxylic acid groups (broad SMARTS) is 1. The fourth-order valence-corrected chi connectivity index (χ4v) is 0. The molecule has 0 aromatic rings. The molecule has 4 heteroatoms. The number of allylic oxidation sites excluding steroid dienone is 2. The van der Waals surface area contributed by atoms with Crippen molar-refractivity contribution in [2.75, 3.05) is 0 Å². The number of hydrogen-bond donors (Lipinski definition) is 1. The molecule has 60 valence electrons. The van der Waals surface area contributed by atoms with E-state index in [2.05, 4.69) is 19.7 Å². The van der Waals surface area contributed by atoms with Gasteiger partial charge in [-0.05, 0) is 6.92 Å². The molecule has 0 spiro atoms. The Kier molecular flexibility index (Phi) is 33.9. The molecule has 0 heterocycles. The van der Waals surface area contributed by atoms with E-state index in [0.29, 0.717) is 0 Å². The summed E-state index contributed by atoms with van der Waals surface area (Å²) in [5, 5.41) is 7.89. The maximum Gasteiger partial charge on any atom is 1.00 e. The van der Waals surface area contributed by atoms with Gasteiger partial charge in [0.2, 0.25) is 0 Å². The SMILES string of the molecule is C=C(C)C(=O)O.C=CC=C.[H-].[H-].[Na+].[Na+]. The minimum absolute atomic E-state index is 0. The van der Waals surface area contributed by atoms with E-state index in [4.69, 9.17) is 5.11 Å². The zero-order valence-corrected chi connectivity index (χ0v) is 12.1. The van der Waals surface area contributed by atoms with Crippen LogP contribution in [0.25, 0.3) is 0 Å². The summed E-state index contributed by atoms with van der Waals surface area (Å²) in [7, 11) is 0.